The third kappa shape index (κ3) is 3.50. The maximum Gasteiger partial charge on any atom is 0.136 e. The molecule has 45 heavy (non-hydrogen) atoms. The van der Waals surface area contributed by atoms with Gasteiger partial charge in [-0.15, -0.1) is 0 Å². The average molecular weight is 579 g/mol. The van der Waals surface area contributed by atoms with E-state index in [9.17, 15) is 5.48 Å². The minimum Gasteiger partial charge on any atom is -0.456 e. The van der Waals surface area contributed by atoms with Crippen molar-refractivity contribution in [1.29, 1.82) is 0 Å². The van der Waals surface area contributed by atoms with Crippen molar-refractivity contribution < 1.29 is 15.4 Å². The monoisotopic (exact) mass is 578 g/mol. The Balaban J connectivity index is 1.48. The number of rotatable bonds is 2. The van der Waals surface area contributed by atoms with E-state index in [1.54, 1.807) is 6.07 Å². The molecular formula is C44H26O. The van der Waals surface area contributed by atoms with Gasteiger partial charge in [0.1, 0.15) is 11.2 Å². The van der Waals surface area contributed by atoms with Crippen LogP contribution in [0.1, 0.15) is 11.0 Å². The molecule has 9 aromatic carbocycles. The second-order valence-corrected chi connectivity index (χ2v) is 11.4. The molecule has 0 aliphatic heterocycles. The van der Waals surface area contributed by atoms with Gasteiger partial charge in [0.15, 0.2) is 0 Å². The Morgan fingerprint density at radius 2 is 0.978 bits per heavy atom. The molecule has 10 rings (SSSR count). The van der Waals surface area contributed by atoms with Crippen LogP contribution in [0.25, 0.3) is 98.1 Å². The van der Waals surface area contributed by atoms with Crippen LogP contribution < -0.4 is 0 Å². The first-order valence-electron chi connectivity index (χ1n) is 18.9. The second-order valence-electron chi connectivity index (χ2n) is 11.4. The van der Waals surface area contributed by atoms with Crippen LogP contribution in [0.15, 0.2) is 162 Å². The molecule has 0 unspecified atom stereocenters. The van der Waals surface area contributed by atoms with Gasteiger partial charge in [0, 0.05) is 10.8 Å². The first-order valence-corrected chi connectivity index (χ1v) is 14.9. The molecule has 0 saturated carbocycles. The first-order chi connectivity index (χ1) is 25.7. The van der Waals surface area contributed by atoms with Crippen LogP contribution in [0.2, 0.25) is 0 Å². The smallest absolute Gasteiger partial charge is 0.136 e. The van der Waals surface area contributed by atoms with Crippen molar-refractivity contribution in [3.05, 3.63) is 158 Å². The summed E-state index contributed by atoms with van der Waals surface area (Å²) in [7, 11) is 0. The van der Waals surface area contributed by atoms with Crippen molar-refractivity contribution in [3.63, 3.8) is 0 Å². The number of fused-ring (bicyclic) bond motifs is 10. The van der Waals surface area contributed by atoms with E-state index in [-0.39, 0.29) is 45.7 Å². The van der Waals surface area contributed by atoms with Gasteiger partial charge in [0.25, 0.3) is 0 Å². The molecular weight excluding hydrogens is 544 g/mol. The molecule has 0 atom stereocenters. The lowest BCUT2D eigenvalue weighted by molar-refractivity contribution is 0.669. The third-order valence-electron chi connectivity index (χ3n) is 9.06. The molecule has 0 aliphatic rings. The van der Waals surface area contributed by atoms with E-state index in [0.717, 1.165) is 43.1 Å². The van der Waals surface area contributed by atoms with Gasteiger partial charge in [-0.05, 0) is 100 Å². The number of furan rings is 1. The number of hydrogen-bond donors (Lipinski definition) is 0. The van der Waals surface area contributed by atoms with Crippen LogP contribution in [0, 0.1) is 0 Å². The van der Waals surface area contributed by atoms with Gasteiger partial charge in [-0.2, -0.15) is 0 Å². The van der Waals surface area contributed by atoms with Crippen LogP contribution in [0.3, 0.4) is 0 Å². The largest absolute Gasteiger partial charge is 0.456 e. The van der Waals surface area contributed by atoms with Crippen molar-refractivity contribution >= 4 is 75.8 Å². The molecule has 0 bridgehead atoms. The van der Waals surface area contributed by atoms with Gasteiger partial charge in [-0.3, -0.25) is 0 Å². The molecule has 1 nitrogen and oxygen atoms in total. The van der Waals surface area contributed by atoms with Crippen molar-refractivity contribution in [3.8, 4) is 22.3 Å². The summed E-state index contributed by atoms with van der Waals surface area (Å²) >= 11 is 0. The summed E-state index contributed by atoms with van der Waals surface area (Å²) < 4.78 is 79.5. The zero-order valence-electron chi connectivity index (χ0n) is 31.8. The number of benzene rings is 9. The molecule has 0 N–H and O–H groups in total. The summed E-state index contributed by atoms with van der Waals surface area (Å²) in [6, 6.07) is 32.2. The van der Waals surface area contributed by atoms with Crippen LogP contribution >= 0.6 is 0 Å². The Kier molecular flexibility index (Phi) is 3.72. The molecule has 0 saturated heterocycles. The highest BCUT2D eigenvalue weighted by molar-refractivity contribution is 6.26. The van der Waals surface area contributed by atoms with Gasteiger partial charge < -0.3 is 4.42 Å². The summed E-state index contributed by atoms with van der Waals surface area (Å²) in [5.74, 6) is 0. The molecule has 0 radical (unpaired) electrons. The summed E-state index contributed by atoms with van der Waals surface area (Å²) in [5, 5.41) is 7.99. The lowest BCUT2D eigenvalue weighted by Gasteiger charge is -2.19. The quantitative estimate of drug-likeness (QED) is 0.147. The van der Waals surface area contributed by atoms with E-state index < -0.39 is 24.2 Å². The Hall–Kier alpha value is -5.92. The predicted molar refractivity (Wildman–Crippen MR) is 192 cm³/mol. The SMILES string of the molecule is [2H]c1c([2H])c([2H])c2c(-c3cc4ccccc4c4ccccc34)c3c([2H])c([2H])c([2H])c([2H])c3c(-c3ccc4oc5ccc6ccccc6c5c4c3)c2c1[2H]. The van der Waals surface area contributed by atoms with E-state index in [1.807, 2.05) is 103 Å². The molecule has 0 spiro atoms. The van der Waals surface area contributed by atoms with E-state index in [0.29, 0.717) is 33.4 Å². The summed E-state index contributed by atoms with van der Waals surface area (Å²) in [5.41, 5.74) is 3.09. The van der Waals surface area contributed by atoms with Crippen molar-refractivity contribution in [2.75, 3.05) is 0 Å². The zero-order valence-corrected chi connectivity index (χ0v) is 23.8. The molecule has 0 fully saturated rings. The van der Waals surface area contributed by atoms with Gasteiger partial charge in [-0.1, -0.05) is 133 Å². The van der Waals surface area contributed by atoms with Gasteiger partial charge >= 0.3 is 0 Å². The van der Waals surface area contributed by atoms with Crippen LogP contribution in [0.5, 0.6) is 0 Å². The molecule has 1 heterocycles. The highest BCUT2D eigenvalue weighted by atomic mass is 16.3. The maximum absolute atomic E-state index is 9.45. The van der Waals surface area contributed by atoms with E-state index >= 15 is 0 Å². The normalized spacial score (nSPS) is 14.5. The lowest BCUT2D eigenvalue weighted by Crippen LogP contribution is -1.92. The molecule has 1 heteroatoms. The van der Waals surface area contributed by atoms with Crippen molar-refractivity contribution in [1.82, 2.24) is 0 Å². The van der Waals surface area contributed by atoms with Crippen LogP contribution in [-0.4, -0.2) is 0 Å². The van der Waals surface area contributed by atoms with Gasteiger partial charge in [0.2, 0.25) is 0 Å². The predicted octanol–water partition coefficient (Wildman–Crippen LogP) is 12.7. The summed E-state index contributed by atoms with van der Waals surface area (Å²) in [6.45, 7) is 0. The fourth-order valence-corrected chi connectivity index (χ4v) is 7.15. The lowest BCUT2D eigenvalue weighted by atomic mass is 9.83. The van der Waals surface area contributed by atoms with Gasteiger partial charge in [-0.25, -0.2) is 0 Å². The topological polar surface area (TPSA) is 13.1 Å². The van der Waals surface area contributed by atoms with Crippen LogP contribution in [0.4, 0.5) is 0 Å². The highest BCUT2D eigenvalue weighted by Gasteiger charge is 2.20. The molecule has 1 aromatic heterocycles. The van der Waals surface area contributed by atoms with Gasteiger partial charge in [0.05, 0.1) is 11.0 Å². The fraction of sp³-hybridized carbons (Fsp3) is 0. The Morgan fingerprint density at radius 1 is 0.400 bits per heavy atom. The molecule has 0 aliphatic carbocycles. The minimum atomic E-state index is -0.431. The zero-order chi connectivity index (χ0) is 36.4. The molecule has 10 aromatic rings. The summed E-state index contributed by atoms with van der Waals surface area (Å²) in [4.78, 5) is 0. The van der Waals surface area contributed by atoms with E-state index in [2.05, 4.69) is 0 Å². The molecule has 208 valence electrons. The third-order valence-corrected chi connectivity index (χ3v) is 9.06. The Bertz CT molecular complexity index is 3190. The summed E-state index contributed by atoms with van der Waals surface area (Å²) in [6.07, 6.45) is 0. The van der Waals surface area contributed by atoms with Crippen LogP contribution in [-0.2, 0) is 0 Å². The minimum absolute atomic E-state index is 0.178. The van der Waals surface area contributed by atoms with Crippen molar-refractivity contribution in [2.24, 2.45) is 0 Å². The van der Waals surface area contributed by atoms with E-state index in [4.69, 9.17) is 9.90 Å². The standard InChI is InChI=1S/C44H26O/c1-4-14-31-27(11-1)21-24-41-44(31)39-26-29(22-23-40(39)45-41)42-34-17-7-9-19-36(34)43(37-20-10-8-18-35(37)42)38-25-28-12-2-3-13-30(28)32-15-5-6-16-33(32)38/h1-26H/i7D,8D,9D,10D,17D,18D,19D,20D. The Morgan fingerprint density at radius 3 is 1.71 bits per heavy atom. The Labute approximate surface area is 270 Å². The highest BCUT2D eigenvalue weighted by Crippen LogP contribution is 2.47. The fourth-order valence-electron chi connectivity index (χ4n) is 7.15. The number of hydrogen-bond acceptors (Lipinski definition) is 1. The molecule has 0 amide bonds. The average Bonchev–Trinajstić information content (AvgIpc) is 3.57. The first kappa shape index (κ1) is 18.0. The second kappa shape index (κ2) is 9.29. The maximum atomic E-state index is 9.45. The van der Waals surface area contributed by atoms with E-state index in [1.165, 1.54) is 0 Å². The van der Waals surface area contributed by atoms with Crippen molar-refractivity contribution in [2.45, 2.75) is 0 Å².